The van der Waals surface area contributed by atoms with Crippen molar-refractivity contribution in [1.29, 1.82) is 0 Å². The zero-order valence-electron chi connectivity index (χ0n) is 15.5. The molecule has 0 saturated carbocycles. The number of amidine groups is 1. The third kappa shape index (κ3) is 3.33. The number of pyridine rings is 1. The van der Waals surface area contributed by atoms with Crippen molar-refractivity contribution in [2.24, 2.45) is 10.7 Å². The molecule has 1 aliphatic rings. The summed E-state index contributed by atoms with van der Waals surface area (Å²) < 4.78 is 78.0. The molecule has 156 valence electrons. The molecule has 1 aromatic heterocycles. The Morgan fingerprint density at radius 2 is 1.76 bits per heavy atom. The zero-order valence-corrected chi connectivity index (χ0v) is 16.3. The van der Waals surface area contributed by atoms with Gasteiger partial charge >= 0.3 is 6.18 Å². The summed E-state index contributed by atoms with van der Waals surface area (Å²) in [4.78, 5) is 8.01. The van der Waals surface area contributed by atoms with Crippen molar-refractivity contribution >= 4 is 21.4 Å². The van der Waals surface area contributed by atoms with E-state index >= 15 is 0 Å². The van der Waals surface area contributed by atoms with Crippen molar-refractivity contribution in [3.05, 3.63) is 59.2 Å². The van der Waals surface area contributed by atoms with Gasteiger partial charge in [-0.15, -0.1) is 0 Å². The highest BCUT2D eigenvalue weighted by Crippen LogP contribution is 2.43. The standard InChI is InChI=1S/C18H18F4N4O2S/c1-16(12-8-11(23)3-4-13(12)19)9-29(27,28)17(2,15(24)26-16)14-7-10(5-6-25-14)18(20,21)22/h3-8H,9,23H2,1-2H3,(H2,24,26). The lowest BCUT2D eigenvalue weighted by Gasteiger charge is -2.39. The molecular weight excluding hydrogens is 412 g/mol. The first-order valence-electron chi connectivity index (χ1n) is 8.38. The molecule has 4 N–H and O–H groups in total. The van der Waals surface area contributed by atoms with Crippen LogP contribution >= 0.6 is 0 Å². The Morgan fingerprint density at radius 3 is 2.34 bits per heavy atom. The number of nitrogen functional groups attached to an aromatic ring is 1. The van der Waals surface area contributed by atoms with Gasteiger partial charge in [-0.3, -0.25) is 9.98 Å². The van der Waals surface area contributed by atoms with E-state index in [-0.39, 0.29) is 11.3 Å². The van der Waals surface area contributed by atoms with Crippen molar-refractivity contribution in [2.45, 2.75) is 30.3 Å². The lowest BCUT2D eigenvalue weighted by atomic mass is 9.92. The lowest BCUT2D eigenvalue weighted by molar-refractivity contribution is -0.137. The second-order valence-corrected chi connectivity index (χ2v) is 9.56. The van der Waals surface area contributed by atoms with Gasteiger partial charge in [-0.1, -0.05) is 0 Å². The maximum atomic E-state index is 14.4. The molecular formula is C18H18F4N4O2S. The maximum absolute atomic E-state index is 14.4. The highest BCUT2D eigenvalue weighted by atomic mass is 32.2. The van der Waals surface area contributed by atoms with Gasteiger partial charge in [0.2, 0.25) is 0 Å². The van der Waals surface area contributed by atoms with E-state index in [1.807, 2.05) is 0 Å². The second kappa shape index (κ2) is 6.41. The molecule has 11 heteroatoms. The van der Waals surface area contributed by atoms with Gasteiger partial charge in [0.25, 0.3) is 0 Å². The Balaban J connectivity index is 2.22. The van der Waals surface area contributed by atoms with Crippen LogP contribution in [-0.4, -0.2) is 25.0 Å². The maximum Gasteiger partial charge on any atom is 0.416 e. The van der Waals surface area contributed by atoms with Crippen molar-refractivity contribution in [1.82, 2.24) is 4.98 Å². The summed E-state index contributed by atoms with van der Waals surface area (Å²) in [6.45, 7) is 2.51. The summed E-state index contributed by atoms with van der Waals surface area (Å²) in [5.74, 6) is -1.91. The molecule has 0 aliphatic carbocycles. The molecule has 0 spiro atoms. The van der Waals surface area contributed by atoms with E-state index in [0.717, 1.165) is 25.3 Å². The number of nitrogens with two attached hydrogens (primary N) is 2. The van der Waals surface area contributed by atoms with Crippen LogP contribution in [-0.2, 0) is 26.3 Å². The fourth-order valence-electron chi connectivity index (χ4n) is 3.33. The first-order valence-corrected chi connectivity index (χ1v) is 10.0. The Hall–Kier alpha value is -2.69. The molecule has 2 atom stereocenters. The second-order valence-electron chi connectivity index (χ2n) is 7.23. The quantitative estimate of drug-likeness (QED) is 0.562. The molecule has 6 nitrogen and oxygen atoms in total. The molecule has 0 radical (unpaired) electrons. The van der Waals surface area contributed by atoms with Gasteiger partial charge in [-0.05, 0) is 44.2 Å². The fourth-order valence-corrected chi connectivity index (χ4v) is 5.37. The number of benzene rings is 1. The van der Waals surface area contributed by atoms with Crippen LogP contribution in [0.3, 0.4) is 0 Å². The molecule has 0 saturated heterocycles. The Bertz CT molecular complexity index is 1120. The summed E-state index contributed by atoms with van der Waals surface area (Å²) in [5.41, 5.74) is 8.69. The number of anilines is 1. The Kier molecular flexibility index (Phi) is 4.65. The molecule has 2 aromatic rings. The van der Waals surface area contributed by atoms with Crippen molar-refractivity contribution < 1.29 is 26.0 Å². The van der Waals surface area contributed by atoms with E-state index < -0.39 is 55.0 Å². The summed E-state index contributed by atoms with van der Waals surface area (Å²) >= 11 is 0. The lowest BCUT2D eigenvalue weighted by Crippen LogP contribution is -2.55. The number of hydrogen-bond acceptors (Lipinski definition) is 6. The van der Waals surface area contributed by atoms with Crippen LogP contribution in [0.2, 0.25) is 0 Å². The predicted octanol–water partition coefficient (Wildman–Crippen LogP) is 2.74. The van der Waals surface area contributed by atoms with Crippen LogP contribution in [0.5, 0.6) is 0 Å². The average molecular weight is 430 g/mol. The van der Waals surface area contributed by atoms with Crippen LogP contribution in [0.4, 0.5) is 23.2 Å². The number of alkyl halides is 3. The van der Waals surface area contributed by atoms with Crippen LogP contribution in [0.15, 0.2) is 41.5 Å². The van der Waals surface area contributed by atoms with Crippen molar-refractivity contribution in [2.75, 3.05) is 11.5 Å². The zero-order chi connectivity index (χ0) is 21.8. The first kappa shape index (κ1) is 21.0. The van der Waals surface area contributed by atoms with Crippen LogP contribution in [0, 0.1) is 5.82 Å². The highest BCUT2D eigenvalue weighted by Gasteiger charge is 2.54. The average Bonchev–Trinajstić information content (AvgIpc) is 2.60. The molecule has 1 aromatic carbocycles. The number of sulfone groups is 1. The Morgan fingerprint density at radius 1 is 1.10 bits per heavy atom. The van der Waals surface area contributed by atoms with E-state index in [1.165, 1.54) is 19.1 Å². The van der Waals surface area contributed by atoms with Gasteiger partial charge in [0.15, 0.2) is 14.6 Å². The van der Waals surface area contributed by atoms with Gasteiger partial charge in [-0.25, -0.2) is 12.8 Å². The molecule has 3 rings (SSSR count). The number of nitrogens with zero attached hydrogens (tertiary/aromatic N) is 2. The van der Waals surface area contributed by atoms with E-state index in [9.17, 15) is 26.0 Å². The number of rotatable bonds is 2. The van der Waals surface area contributed by atoms with Gasteiger partial charge < -0.3 is 11.5 Å². The molecule has 0 fully saturated rings. The number of aliphatic imine (C=N–C) groups is 1. The summed E-state index contributed by atoms with van der Waals surface area (Å²) in [5, 5.41) is 0. The molecule has 2 unspecified atom stereocenters. The molecule has 1 aliphatic heterocycles. The predicted molar refractivity (Wildman–Crippen MR) is 100 cm³/mol. The molecule has 2 heterocycles. The summed E-state index contributed by atoms with van der Waals surface area (Å²) in [7, 11) is -4.27. The highest BCUT2D eigenvalue weighted by molar-refractivity contribution is 7.93. The Labute approximate surface area is 164 Å². The summed E-state index contributed by atoms with van der Waals surface area (Å²) in [6, 6.07) is 5.00. The number of hydrogen-bond donors (Lipinski definition) is 2. The fraction of sp³-hybridized carbons (Fsp3) is 0.333. The molecule has 0 amide bonds. The molecule has 0 bridgehead atoms. The van der Waals surface area contributed by atoms with Crippen LogP contribution < -0.4 is 11.5 Å². The van der Waals surface area contributed by atoms with Gasteiger partial charge in [0, 0.05) is 17.4 Å². The third-order valence-electron chi connectivity index (χ3n) is 5.10. The van der Waals surface area contributed by atoms with Crippen LogP contribution in [0.25, 0.3) is 0 Å². The van der Waals surface area contributed by atoms with E-state index in [4.69, 9.17) is 11.5 Å². The van der Waals surface area contributed by atoms with Crippen LogP contribution in [0.1, 0.15) is 30.7 Å². The minimum atomic E-state index is -4.70. The van der Waals surface area contributed by atoms with Gasteiger partial charge in [0.1, 0.15) is 17.2 Å². The summed E-state index contributed by atoms with van der Waals surface area (Å²) in [6.07, 6.45) is -3.84. The minimum absolute atomic E-state index is 0.0805. The van der Waals surface area contributed by atoms with Crippen molar-refractivity contribution in [3.63, 3.8) is 0 Å². The topological polar surface area (TPSA) is 111 Å². The first-order chi connectivity index (χ1) is 13.2. The smallest absolute Gasteiger partial charge is 0.399 e. The molecule has 29 heavy (non-hydrogen) atoms. The number of halogens is 4. The third-order valence-corrected chi connectivity index (χ3v) is 7.70. The minimum Gasteiger partial charge on any atom is -0.399 e. The monoisotopic (exact) mass is 430 g/mol. The van der Waals surface area contributed by atoms with E-state index in [1.54, 1.807) is 0 Å². The van der Waals surface area contributed by atoms with Gasteiger partial charge in [-0.2, -0.15) is 13.2 Å². The van der Waals surface area contributed by atoms with E-state index in [2.05, 4.69) is 9.98 Å². The number of aromatic nitrogens is 1. The van der Waals surface area contributed by atoms with Gasteiger partial charge in [0.05, 0.1) is 17.0 Å². The SMILES string of the molecule is CC1(c2cc(N)ccc2F)CS(=O)(=O)C(C)(c2cc(C(F)(F)F)ccn2)C(N)=N1. The van der Waals surface area contributed by atoms with Crippen molar-refractivity contribution in [3.8, 4) is 0 Å². The largest absolute Gasteiger partial charge is 0.416 e. The normalized spacial score (nSPS) is 26.8. The van der Waals surface area contributed by atoms with E-state index in [0.29, 0.717) is 6.07 Å².